The standard InChI is InChI=1S/C11H11N3O4/c1-4-7-8(14(13-4)5-2-3-5)9(15)6(11(17)18)10(16)12-7/h5H,2-3H2,1H3,(H,17,18)(H2,12,15,16). The van der Waals surface area contributed by atoms with Gasteiger partial charge in [-0.25, -0.2) is 4.79 Å². The normalized spacial score (nSPS) is 15.2. The third-order valence-corrected chi connectivity index (χ3v) is 3.12. The van der Waals surface area contributed by atoms with E-state index >= 15 is 0 Å². The Morgan fingerprint density at radius 2 is 2.17 bits per heavy atom. The van der Waals surface area contributed by atoms with E-state index in [9.17, 15) is 14.7 Å². The Morgan fingerprint density at radius 3 is 2.72 bits per heavy atom. The molecule has 0 radical (unpaired) electrons. The minimum absolute atomic E-state index is 0.180. The Labute approximate surface area is 101 Å². The Hall–Kier alpha value is -2.31. The molecular formula is C11H11N3O4. The van der Waals surface area contributed by atoms with Crippen molar-refractivity contribution in [3.05, 3.63) is 21.6 Å². The summed E-state index contributed by atoms with van der Waals surface area (Å²) in [4.78, 5) is 25.1. The highest BCUT2D eigenvalue weighted by atomic mass is 16.4. The van der Waals surface area contributed by atoms with E-state index in [0.29, 0.717) is 16.7 Å². The summed E-state index contributed by atoms with van der Waals surface area (Å²) in [6, 6.07) is 0.180. The number of carboxylic acid groups (broad SMARTS) is 1. The molecule has 0 aliphatic heterocycles. The monoisotopic (exact) mass is 249 g/mol. The van der Waals surface area contributed by atoms with E-state index in [-0.39, 0.29) is 6.04 Å². The van der Waals surface area contributed by atoms with Crippen LogP contribution in [0.1, 0.15) is 34.9 Å². The SMILES string of the molecule is Cc1nn(C2CC2)c2c(O)c(C(=O)O)c(=O)[nH]c12. The molecule has 0 spiro atoms. The summed E-state index contributed by atoms with van der Waals surface area (Å²) >= 11 is 0. The molecule has 94 valence electrons. The zero-order chi connectivity index (χ0) is 13.0. The molecule has 1 fully saturated rings. The molecule has 0 atom stereocenters. The molecule has 3 N–H and O–H groups in total. The van der Waals surface area contributed by atoms with Gasteiger partial charge in [0.2, 0.25) is 0 Å². The van der Waals surface area contributed by atoms with E-state index in [1.165, 1.54) is 0 Å². The Bertz CT molecular complexity index is 724. The van der Waals surface area contributed by atoms with Crippen LogP contribution in [0.15, 0.2) is 4.79 Å². The van der Waals surface area contributed by atoms with Gasteiger partial charge in [-0.15, -0.1) is 0 Å². The summed E-state index contributed by atoms with van der Waals surface area (Å²) in [7, 11) is 0. The van der Waals surface area contributed by atoms with Crippen molar-refractivity contribution < 1.29 is 15.0 Å². The molecule has 2 aromatic rings. The van der Waals surface area contributed by atoms with Crippen LogP contribution in [-0.4, -0.2) is 30.9 Å². The van der Waals surface area contributed by atoms with Gasteiger partial charge in [0.1, 0.15) is 5.52 Å². The number of hydrogen-bond donors (Lipinski definition) is 3. The maximum atomic E-state index is 11.6. The quantitative estimate of drug-likeness (QED) is 0.728. The van der Waals surface area contributed by atoms with Crippen molar-refractivity contribution in [2.75, 3.05) is 0 Å². The number of hydrogen-bond acceptors (Lipinski definition) is 4. The first-order chi connectivity index (χ1) is 8.50. The number of aromatic hydroxyl groups is 1. The van der Waals surface area contributed by atoms with E-state index in [0.717, 1.165) is 12.8 Å². The van der Waals surface area contributed by atoms with Gasteiger partial charge in [-0.2, -0.15) is 5.10 Å². The van der Waals surface area contributed by atoms with Gasteiger partial charge in [-0.05, 0) is 19.8 Å². The van der Waals surface area contributed by atoms with E-state index in [4.69, 9.17) is 5.11 Å². The first-order valence-corrected chi connectivity index (χ1v) is 5.58. The van der Waals surface area contributed by atoms with Crippen molar-refractivity contribution in [1.82, 2.24) is 14.8 Å². The van der Waals surface area contributed by atoms with E-state index in [1.54, 1.807) is 11.6 Å². The molecule has 0 amide bonds. The molecule has 1 aliphatic rings. The van der Waals surface area contributed by atoms with Crippen molar-refractivity contribution in [3.8, 4) is 5.75 Å². The molecule has 1 saturated carbocycles. The first-order valence-electron chi connectivity index (χ1n) is 5.58. The summed E-state index contributed by atoms with van der Waals surface area (Å²) in [5, 5.41) is 23.2. The Balaban J connectivity index is 2.45. The molecule has 0 bridgehead atoms. The lowest BCUT2D eigenvalue weighted by Crippen LogP contribution is -2.18. The highest BCUT2D eigenvalue weighted by molar-refractivity contribution is 5.97. The lowest BCUT2D eigenvalue weighted by molar-refractivity contribution is 0.0692. The molecule has 0 saturated heterocycles. The molecule has 7 heteroatoms. The number of rotatable bonds is 2. The number of carbonyl (C=O) groups is 1. The van der Waals surface area contributed by atoms with Gasteiger partial charge in [-0.3, -0.25) is 9.48 Å². The fraction of sp³-hybridized carbons (Fsp3) is 0.364. The fourth-order valence-electron chi connectivity index (χ4n) is 2.11. The van der Waals surface area contributed by atoms with Crippen molar-refractivity contribution in [2.45, 2.75) is 25.8 Å². The average molecular weight is 249 g/mol. The van der Waals surface area contributed by atoms with Gasteiger partial charge in [0.15, 0.2) is 11.3 Å². The lowest BCUT2D eigenvalue weighted by Gasteiger charge is -2.04. The summed E-state index contributed by atoms with van der Waals surface area (Å²) in [5.74, 6) is -1.95. The predicted octanol–water partition coefficient (Wildman–Crippen LogP) is 0.772. The van der Waals surface area contributed by atoms with Crippen molar-refractivity contribution >= 4 is 17.0 Å². The number of aromatic nitrogens is 3. The highest BCUT2D eigenvalue weighted by Crippen LogP contribution is 2.39. The van der Waals surface area contributed by atoms with Crippen LogP contribution >= 0.6 is 0 Å². The van der Waals surface area contributed by atoms with Gasteiger partial charge >= 0.3 is 5.97 Å². The van der Waals surface area contributed by atoms with Crippen molar-refractivity contribution in [3.63, 3.8) is 0 Å². The van der Waals surface area contributed by atoms with Crippen molar-refractivity contribution in [1.29, 1.82) is 0 Å². The number of H-pyrrole nitrogens is 1. The van der Waals surface area contributed by atoms with E-state index < -0.39 is 22.8 Å². The minimum Gasteiger partial charge on any atom is -0.505 e. The van der Waals surface area contributed by atoms with Gasteiger partial charge < -0.3 is 15.2 Å². The molecule has 1 aliphatic carbocycles. The van der Waals surface area contributed by atoms with Crippen molar-refractivity contribution in [2.24, 2.45) is 0 Å². The molecule has 0 aromatic carbocycles. The van der Waals surface area contributed by atoms with Gasteiger partial charge in [0.05, 0.1) is 17.3 Å². The molecular weight excluding hydrogens is 238 g/mol. The maximum Gasteiger partial charge on any atom is 0.345 e. The third-order valence-electron chi connectivity index (χ3n) is 3.12. The van der Waals surface area contributed by atoms with Gasteiger partial charge in [-0.1, -0.05) is 0 Å². The van der Waals surface area contributed by atoms with Crippen LogP contribution in [0.3, 0.4) is 0 Å². The molecule has 2 heterocycles. The molecule has 2 aromatic heterocycles. The zero-order valence-electron chi connectivity index (χ0n) is 9.60. The number of fused-ring (bicyclic) bond motifs is 1. The van der Waals surface area contributed by atoms with E-state index in [1.807, 2.05) is 0 Å². The van der Waals surface area contributed by atoms with Crippen LogP contribution in [0.25, 0.3) is 11.0 Å². The summed E-state index contributed by atoms with van der Waals surface area (Å²) in [6.45, 7) is 1.71. The molecule has 0 unspecified atom stereocenters. The number of aromatic amines is 1. The lowest BCUT2D eigenvalue weighted by atomic mass is 10.2. The second kappa shape index (κ2) is 3.34. The van der Waals surface area contributed by atoms with Crippen LogP contribution in [0.2, 0.25) is 0 Å². The molecule has 18 heavy (non-hydrogen) atoms. The van der Waals surface area contributed by atoms with Crippen LogP contribution in [-0.2, 0) is 0 Å². The third kappa shape index (κ3) is 1.33. The number of aromatic carboxylic acids is 1. The predicted molar refractivity (Wildman–Crippen MR) is 62.0 cm³/mol. The van der Waals surface area contributed by atoms with Gasteiger partial charge in [0.25, 0.3) is 5.56 Å². The minimum atomic E-state index is -1.45. The number of pyridine rings is 1. The van der Waals surface area contributed by atoms with Gasteiger partial charge in [0, 0.05) is 0 Å². The Morgan fingerprint density at radius 1 is 1.50 bits per heavy atom. The first kappa shape index (κ1) is 10.8. The number of nitrogens with zero attached hydrogens (tertiary/aromatic N) is 2. The second-order valence-corrected chi connectivity index (χ2v) is 4.47. The fourth-order valence-corrected chi connectivity index (χ4v) is 2.11. The average Bonchev–Trinajstić information content (AvgIpc) is 3.05. The Kier molecular flexibility index (Phi) is 2.01. The van der Waals surface area contributed by atoms with E-state index in [2.05, 4.69) is 10.1 Å². The molecule has 7 nitrogen and oxygen atoms in total. The number of nitrogens with one attached hydrogen (secondary N) is 1. The second-order valence-electron chi connectivity index (χ2n) is 4.47. The van der Waals surface area contributed by atoms with Crippen LogP contribution in [0.5, 0.6) is 5.75 Å². The maximum absolute atomic E-state index is 11.6. The summed E-state index contributed by atoms with van der Waals surface area (Å²) in [5.41, 5.74) is -0.183. The highest BCUT2D eigenvalue weighted by Gasteiger charge is 2.30. The smallest absolute Gasteiger partial charge is 0.345 e. The van der Waals surface area contributed by atoms with Crippen LogP contribution in [0, 0.1) is 6.92 Å². The largest absolute Gasteiger partial charge is 0.505 e. The summed E-state index contributed by atoms with van der Waals surface area (Å²) in [6.07, 6.45) is 1.88. The number of aryl methyl sites for hydroxylation is 1. The molecule has 3 rings (SSSR count). The van der Waals surface area contributed by atoms with Crippen LogP contribution in [0.4, 0.5) is 0 Å². The van der Waals surface area contributed by atoms with Crippen LogP contribution < -0.4 is 5.56 Å². The topological polar surface area (TPSA) is 108 Å². The zero-order valence-corrected chi connectivity index (χ0v) is 9.60. The summed E-state index contributed by atoms with van der Waals surface area (Å²) < 4.78 is 1.60. The number of carboxylic acids is 1.